The van der Waals surface area contributed by atoms with Crippen molar-refractivity contribution in [3.05, 3.63) is 29.8 Å². The van der Waals surface area contributed by atoms with Crippen molar-refractivity contribution in [3.63, 3.8) is 0 Å². The van der Waals surface area contributed by atoms with E-state index in [0.29, 0.717) is 26.4 Å². The molecule has 2 fully saturated rings. The highest BCUT2D eigenvalue weighted by Crippen LogP contribution is 2.39. The molecule has 2 aliphatic heterocycles. The summed E-state index contributed by atoms with van der Waals surface area (Å²) >= 11 is 0. The van der Waals surface area contributed by atoms with Crippen LogP contribution in [0.5, 0.6) is 5.75 Å². The van der Waals surface area contributed by atoms with Gasteiger partial charge in [-0.15, -0.1) is 0 Å². The Morgan fingerprint density at radius 1 is 1.06 bits per heavy atom. The SMILES string of the molecule is CCC1(C)COCC(C)(CO)COC(C)C(C)(CC)N1OC(C)c1ccc(OCC2CO2)cc1. The van der Waals surface area contributed by atoms with E-state index in [1.54, 1.807) is 0 Å². The molecule has 1 N–H and O–H groups in total. The van der Waals surface area contributed by atoms with Crippen LogP contribution in [-0.4, -0.2) is 73.1 Å². The molecule has 7 heteroatoms. The summed E-state index contributed by atoms with van der Waals surface area (Å²) in [5.41, 5.74) is -0.129. The van der Waals surface area contributed by atoms with Crippen LogP contribution < -0.4 is 4.74 Å². The predicted octanol–water partition coefficient (Wildman–Crippen LogP) is 4.53. The summed E-state index contributed by atoms with van der Waals surface area (Å²) in [6, 6.07) is 8.10. The van der Waals surface area contributed by atoms with Crippen LogP contribution in [0.2, 0.25) is 0 Å². The third-order valence-electron chi connectivity index (χ3n) is 7.69. The maximum atomic E-state index is 9.96. The highest BCUT2D eigenvalue weighted by atomic mass is 16.7. The monoisotopic (exact) mass is 479 g/mol. The molecule has 0 spiro atoms. The zero-order chi connectivity index (χ0) is 25.0. The Bertz CT molecular complexity index is 771. The topological polar surface area (TPSA) is 72.9 Å². The van der Waals surface area contributed by atoms with Crippen molar-refractivity contribution in [2.45, 2.75) is 90.7 Å². The summed E-state index contributed by atoms with van der Waals surface area (Å²) in [6.45, 7) is 17.7. The van der Waals surface area contributed by atoms with Gasteiger partial charge in [0.15, 0.2) is 0 Å². The second kappa shape index (κ2) is 11.2. The number of ether oxygens (including phenoxy) is 4. The van der Waals surface area contributed by atoms with Crippen molar-refractivity contribution in [2.24, 2.45) is 5.41 Å². The Labute approximate surface area is 205 Å². The summed E-state index contributed by atoms with van der Waals surface area (Å²) in [7, 11) is 0. The Balaban J connectivity index is 1.82. The van der Waals surface area contributed by atoms with Crippen molar-refractivity contribution < 1.29 is 28.9 Å². The van der Waals surface area contributed by atoms with Crippen molar-refractivity contribution in [3.8, 4) is 5.75 Å². The second-order valence-corrected chi connectivity index (χ2v) is 10.9. The van der Waals surface area contributed by atoms with E-state index in [-0.39, 0.29) is 30.5 Å². The largest absolute Gasteiger partial charge is 0.491 e. The molecule has 6 atom stereocenters. The molecule has 0 saturated carbocycles. The first-order valence-electron chi connectivity index (χ1n) is 12.7. The van der Waals surface area contributed by atoms with E-state index in [1.165, 1.54) is 0 Å². The fraction of sp³-hybridized carbons (Fsp3) is 0.778. The van der Waals surface area contributed by atoms with Gasteiger partial charge in [-0.2, -0.15) is 5.06 Å². The van der Waals surface area contributed by atoms with Gasteiger partial charge in [0.1, 0.15) is 24.6 Å². The number of nitrogens with zero attached hydrogens (tertiary/aromatic N) is 1. The average Bonchev–Trinajstić information content (AvgIpc) is 3.68. The molecular weight excluding hydrogens is 434 g/mol. The average molecular weight is 480 g/mol. The summed E-state index contributed by atoms with van der Waals surface area (Å²) in [6.07, 6.45) is 1.63. The van der Waals surface area contributed by atoms with Crippen LogP contribution in [0, 0.1) is 5.41 Å². The van der Waals surface area contributed by atoms with Gasteiger partial charge < -0.3 is 24.1 Å². The van der Waals surface area contributed by atoms with Gasteiger partial charge in [-0.25, -0.2) is 0 Å². The lowest BCUT2D eigenvalue weighted by Crippen LogP contribution is -2.65. The fourth-order valence-corrected chi connectivity index (χ4v) is 4.33. The fourth-order valence-electron chi connectivity index (χ4n) is 4.33. The van der Waals surface area contributed by atoms with Gasteiger partial charge in [-0.3, -0.25) is 4.84 Å². The molecule has 194 valence electrons. The number of hydroxylamine groups is 2. The Morgan fingerprint density at radius 3 is 2.29 bits per heavy atom. The van der Waals surface area contributed by atoms with Crippen molar-refractivity contribution in [1.29, 1.82) is 0 Å². The second-order valence-electron chi connectivity index (χ2n) is 10.9. The molecule has 6 unspecified atom stereocenters. The van der Waals surface area contributed by atoms with Gasteiger partial charge in [0, 0.05) is 5.41 Å². The van der Waals surface area contributed by atoms with E-state index >= 15 is 0 Å². The predicted molar refractivity (Wildman–Crippen MR) is 132 cm³/mol. The Morgan fingerprint density at radius 2 is 1.74 bits per heavy atom. The number of benzene rings is 1. The molecule has 0 aliphatic carbocycles. The minimum atomic E-state index is -0.427. The smallest absolute Gasteiger partial charge is 0.119 e. The van der Waals surface area contributed by atoms with Crippen LogP contribution in [0.4, 0.5) is 0 Å². The quantitative estimate of drug-likeness (QED) is 0.522. The van der Waals surface area contributed by atoms with E-state index in [1.807, 2.05) is 19.1 Å². The standard InChI is InChI=1S/C27H45NO6/c1-8-26(6)19-30-17-25(5,16-29)18-33-21(4)27(7,9-2)28(26)34-20(3)22-10-12-23(13-11-22)31-14-24-15-32-24/h10-13,20-21,24,29H,8-9,14-19H2,1-7H3. The molecule has 2 heterocycles. The molecule has 0 bridgehead atoms. The summed E-state index contributed by atoms with van der Waals surface area (Å²) in [5.74, 6) is 0.838. The number of epoxide rings is 1. The van der Waals surface area contributed by atoms with Crippen LogP contribution >= 0.6 is 0 Å². The third-order valence-corrected chi connectivity index (χ3v) is 7.69. The Kier molecular flexibility index (Phi) is 9.04. The molecule has 2 saturated heterocycles. The lowest BCUT2D eigenvalue weighted by atomic mass is 9.85. The van der Waals surface area contributed by atoms with Gasteiger partial charge in [-0.1, -0.05) is 32.9 Å². The lowest BCUT2D eigenvalue weighted by Gasteiger charge is -2.53. The van der Waals surface area contributed by atoms with Crippen LogP contribution in [0.1, 0.15) is 73.0 Å². The van der Waals surface area contributed by atoms with Crippen LogP contribution in [0.25, 0.3) is 0 Å². The molecule has 7 nitrogen and oxygen atoms in total. The molecule has 0 radical (unpaired) electrons. The normalized spacial score (nSPS) is 36.1. The van der Waals surface area contributed by atoms with Gasteiger partial charge in [0.05, 0.1) is 50.2 Å². The minimum absolute atomic E-state index is 0.0238. The zero-order valence-corrected chi connectivity index (χ0v) is 22.1. The molecule has 1 aromatic carbocycles. The van der Waals surface area contributed by atoms with E-state index in [9.17, 15) is 5.11 Å². The molecule has 0 aromatic heterocycles. The first-order valence-corrected chi connectivity index (χ1v) is 12.7. The van der Waals surface area contributed by atoms with E-state index in [0.717, 1.165) is 30.8 Å². The number of hydrogen-bond donors (Lipinski definition) is 1. The first-order chi connectivity index (χ1) is 16.1. The summed E-state index contributed by atoms with van der Waals surface area (Å²) < 4.78 is 23.6. The molecule has 3 rings (SSSR count). The Hall–Kier alpha value is -1.22. The van der Waals surface area contributed by atoms with Crippen molar-refractivity contribution >= 4 is 0 Å². The zero-order valence-electron chi connectivity index (χ0n) is 22.1. The number of aliphatic hydroxyl groups excluding tert-OH is 1. The maximum absolute atomic E-state index is 9.96. The highest BCUT2D eigenvalue weighted by Gasteiger charge is 2.49. The molecule has 0 amide bonds. The van der Waals surface area contributed by atoms with Crippen molar-refractivity contribution in [1.82, 2.24) is 5.06 Å². The van der Waals surface area contributed by atoms with Gasteiger partial charge in [0.2, 0.25) is 0 Å². The van der Waals surface area contributed by atoms with Gasteiger partial charge in [0.25, 0.3) is 0 Å². The van der Waals surface area contributed by atoms with Crippen LogP contribution in [-0.2, 0) is 19.0 Å². The van der Waals surface area contributed by atoms with Gasteiger partial charge in [-0.05, 0) is 58.2 Å². The van der Waals surface area contributed by atoms with E-state index in [2.05, 4.69) is 58.7 Å². The maximum Gasteiger partial charge on any atom is 0.119 e. The number of hydrogen-bond acceptors (Lipinski definition) is 7. The van der Waals surface area contributed by atoms with Crippen molar-refractivity contribution in [2.75, 3.05) is 39.6 Å². The number of aliphatic hydroxyl groups is 1. The van der Waals surface area contributed by atoms with E-state index in [4.69, 9.17) is 23.8 Å². The molecule has 2 aliphatic rings. The summed E-state index contributed by atoms with van der Waals surface area (Å²) in [4.78, 5) is 6.78. The molecule has 34 heavy (non-hydrogen) atoms. The summed E-state index contributed by atoms with van der Waals surface area (Å²) in [5, 5.41) is 12.1. The van der Waals surface area contributed by atoms with Gasteiger partial charge >= 0.3 is 0 Å². The minimum Gasteiger partial charge on any atom is -0.491 e. The molecule has 1 aromatic rings. The number of rotatable bonds is 9. The van der Waals surface area contributed by atoms with Crippen LogP contribution in [0.3, 0.4) is 0 Å². The highest BCUT2D eigenvalue weighted by molar-refractivity contribution is 5.28. The van der Waals surface area contributed by atoms with E-state index < -0.39 is 11.0 Å². The lowest BCUT2D eigenvalue weighted by molar-refractivity contribution is -0.329. The van der Waals surface area contributed by atoms with Crippen LogP contribution in [0.15, 0.2) is 24.3 Å². The first kappa shape index (κ1) is 27.4. The third kappa shape index (κ3) is 6.31. The molecular formula is C27H45NO6.